The molecule has 0 bridgehead atoms. The molecule has 0 radical (unpaired) electrons. The highest BCUT2D eigenvalue weighted by atomic mass is 127. The Balaban J connectivity index is 2.85. The monoisotopic (exact) mass is 315 g/mol. The molecule has 2 heterocycles. The van der Waals surface area contributed by atoms with Gasteiger partial charge in [0.15, 0.2) is 5.65 Å². The SMILES string of the molecule is Cc1nc2c(N)cc(C(=O)I)cn2c1C. The fraction of sp³-hybridized carbons (Fsp3) is 0.200. The average Bonchev–Trinajstić information content (AvgIpc) is 2.45. The summed E-state index contributed by atoms with van der Waals surface area (Å²) >= 11 is 1.75. The van der Waals surface area contributed by atoms with Crippen LogP contribution in [0, 0.1) is 13.8 Å². The molecule has 0 atom stereocenters. The van der Waals surface area contributed by atoms with E-state index in [-0.39, 0.29) is 3.79 Å². The van der Waals surface area contributed by atoms with Gasteiger partial charge in [0.25, 0.3) is 0 Å². The number of hydrogen-bond acceptors (Lipinski definition) is 3. The lowest BCUT2D eigenvalue weighted by atomic mass is 10.3. The molecule has 0 amide bonds. The fourth-order valence-electron chi connectivity index (χ4n) is 1.50. The Morgan fingerprint density at radius 1 is 1.53 bits per heavy atom. The number of fused-ring (bicyclic) bond motifs is 1. The van der Waals surface area contributed by atoms with E-state index >= 15 is 0 Å². The molecule has 2 aromatic heterocycles. The highest BCUT2D eigenvalue weighted by Crippen LogP contribution is 2.20. The van der Waals surface area contributed by atoms with Crippen molar-refractivity contribution in [3.05, 3.63) is 29.2 Å². The second-order valence-electron chi connectivity index (χ2n) is 3.43. The third kappa shape index (κ3) is 1.60. The summed E-state index contributed by atoms with van der Waals surface area (Å²) in [6, 6.07) is 1.66. The standard InChI is InChI=1S/C10H10IN3O/c1-5-6(2)14-4-7(9(11)15)3-8(12)10(14)13-5/h3-4H,12H2,1-2H3. The highest BCUT2D eigenvalue weighted by Gasteiger charge is 2.10. The van der Waals surface area contributed by atoms with Crippen molar-refractivity contribution in [2.45, 2.75) is 13.8 Å². The van der Waals surface area contributed by atoms with Crippen LogP contribution in [-0.4, -0.2) is 13.2 Å². The van der Waals surface area contributed by atoms with Crippen LogP contribution in [0.15, 0.2) is 12.3 Å². The molecule has 0 aromatic carbocycles. The second kappa shape index (κ2) is 3.48. The summed E-state index contributed by atoms with van der Waals surface area (Å²) in [5.74, 6) is 0. The van der Waals surface area contributed by atoms with Gasteiger partial charge in [0.2, 0.25) is 3.79 Å². The maximum absolute atomic E-state index is 11.3. The molecule has 4 nitrogen and oxygen atoms in total. The number of nitrogens with zero attached hydrogens (tertiary/aromatic N) is 2. The van der Waals surface area contributed by atoms with Gasteiger partial charge in [-0.15, -0.1) is 0 Å². The lowest BCUT2D eigenvalue weighted by Gasteiger charge is -2.02. The Labute approximate surface area is 101 Å². The minimum atomic E-state index is -0.0213. The molecule has 15 heavy (non-hydrogen) atoms. The van der Waals surface area contributed by atoms with E-state index in [0.717, 1.165) is 11.4 Å². The van der Waals surface area contributed by atoms with E-state index in [9.17, 15) is 4.79 Å². The number of halogens is 1. The van der Waals surface area contributed by atoms with Crippen molar-refractivity contribution < 1.29 is 4.79 Å². The zero-order valence-corrected chi connectivity index (χ0v) is 10.6. The number of aromatic nitrogens is 2. The molecule has 0 aliphatic heterocycles. The molecular weight excluding hydrogens is 305 g/mol. The number of anilines is 1. The molecule has 78 valence electrons. The van der Waals surface area contributed by atoms with Gasteiger partial charge in [-0.2, -0.15) is 0 Å². The molecule has 5 heteroatoms. The Kier molecular flexibility index (Phi) is 2.41. The van der Waals surface area contributed by atoms with Gasteiger partial charge in [-0.25, -0.2) is 4.98 Å². The van der Waals surface area contributed by atoms with Gasteiger partial charge in [0.05, 0.1) is 11.4 Å². The number of rotatable bonds is 1. The zero-order chi connectivity index (χ0) is 11.2. The van der Waals surface area contributed by atoms with Crippen LogP contribution in [0.25, 0.3) is 5.65 Å². The van der Waals surface area contributed by atoms with Crippen LogP contribution in [-0.2, 0) is 0 Å². The number of carbonyl (C=O) groups is 1. The summed E-state index contributed by atoms with van der Waals surface area (Å²) < 4.78 is 1.84. The molecule has 2 aromatic rings. The lowest BCUT2D eigenvalue weighted by Crippen LogP contribution is -1.99. The number of imidazole rings is 1. The summed E-state index contributed by atoms with van der Waals surface area (Å²) in [6.07, 6.45) is 1.77. The number of nitrogen functional groups attached to an aromatic ring is 1. The predicted molar refractivity (Wildman–Crippen MR) is 67.4 cm³/mol. The van der Waals surface area contributed by atoms with E-state index < -0.39 is 0 Å². The Morgan fingerprint density at radius 3 is 2.80 bits per heavy atom. The molecule has 0 aliphatic carbocycles. The van der Waals surface area contributed by atoms with E-state index in [2.05, 4.69) is 4.98 Å². The number of hydrogen-bond donors (Lipinski definition) is 1. The summed E-state index contributed by atoms with van der Waals surface area (Å²) in [5, 5.41) is 0. The molecule has 0 saturated carbocycles. The third-order valence-corrected chi connectivity index (χ3v) is 3.07. The molecule has 2 rings (SSSR count). The molecule has 0 spiro atoms. The van der Waals surface area contributed by atoms with Gasteiger partial charge in [-0.05, 0) is 19.9 Å². The van der Waals surface area contributed by atoms with Crippen molar-refractivity contribution in [2.75, 3.05) is 5.73 Å². The van der Waals surface area contributed by atoms with Crippen LogP contribution in [0.2, 0.25) is 0 Å². The van der Waals surface area contributed by atoms with Crippen LogP contribution in [0.1, 0.15) is 21.7 Å². The van der Waals surface area contributed by atoms with E-state index in [4.69, 9.17) is 5.73 Å². The van der Waals surface area contributed by atoms with Crippen molar-refractivity contribution in [1.82, 2.24) is 9.38 Å². The molecule has 0 unspecified atom stereocenters. The summed E-state index contributed by atoms with van der Waals surface area (Å²) in [5.41, 5.74) is 9.63. The molecule has 0 saturated heterocycles. The normalized spacial score (nSPS) is 10.9. The van der Waals surface area contributed by atoms with Gasteiger partial charge in [0.1, 0.15) is 0 Å². The Bertz CT molecular complexity index is 559. The number of pyridine rings is 1. The first kappa shape index (κ1) is 10.4. The smallest absolute Gasteiger partial charge is 0.223 e. The third-order valence-electron chi connectivity index (χ3n) is 2.45. The second-order valence-corrected chi connectivity index (χ2v) is 4.41. The molecule has 0 aliphatic rings. The maximum atomic E-state index is 11.3. The minimum absolute atomic E-state index is 0.0213. The minimum Gasteiger partial charge on any atom is -0.396 e. The van der Waals surface area contributed by atoms with Gasteiger partial charge < -0.3 is 10.1 Å². The van der Waals surface area contributed by atoms with Crippen LogP contribution in [0.4, 0.5) is 5.69 Å². The van der Waals surface area contributed by atoms with Crippen molar-refractivity contribution in [3.63, 3.8) is 0 Å². The van der Waals surface area contributed by atoms with Crippen molar-refractivity contribution in [1.29, 1.82) is 0 Å². The van der Waals surface area contributed by atoms with Gasteiger partial charge in [0, 0.05) is 40.0 Å². The quantitative estimate of drug-likeness (QED) is 0.648. The number of carbonyl (C=O) groups excluding carboxylic acids is 1. The molecule has 0 fully saturated rings. The van der Waals surface area contributed by atoms with E-state index in [1.807, 2.05) is 18.2 Å². The van der Waals surface area contributed by atoms with Crippen LogP contribution in [0.5, 0.6) is 0 Å². The largest absolute Gasteiger partial charge is 0.396 e. The van der Waals surface area contributed by atoms with Crippen molar-refractivity contribution in [2.24, 2.45) is 0 Å². The summed E-state index contributed by atoms with van der Waals surface area (Å²) in [7, 11) is 0. The first-order valence-corrected chi connectivity index (χ1v) is 5.53. The van der Waals surface area contributed by atoms with Gasteiger partial charge in [-0.3, -0.25) is 4.79 Å². The van der Waals surface area contributed by atoms with Crippen LogP contribution >= 0.6 is 22.6 Å². The average molecular weight is 315 g/mol. The van der Waals surface area contributed by atoms with Crippen LogP contribution in [0.3, 0.4) is 0 Å². The lowest BCUT2D eigenvalue weighted by molar-refractivity contribution is 0.110. The highest BCUT2D eigenvalue weighted by molar-refractivity contribution is 14.1. The van der Waals surface area contributed by atoms with Gasteiger partial charge >= 0.3 is 0 Å². The number of nitrogens with two attached hydrogens (primary N) is 1. The van der Waals surface area contributed by atoms with Crippen LogP contribution < -0.4 is 5.73 Å². The molecular formula is C10H10IN3O. The first-order valence-electron chi connectivity index (χ1n) is 4.45. The predicted octanol–water partition coefficient (Wildman–Crippen LogP) is 2.11. The maximum Gasteiger partial charge on any atom is 0.223 e. The zero-order valence-electron chi connectivity index (χ0n) is 8.41. The fourth-order valence-corrected chi connectivity index (χ4v) is 1.80. The van der Waals surface area contributed by atoms with Gasteiger partial charge in [-0.1, -0.05) is 0 Å². The first-order chi connectivity index (χ1) is 7.00. The summed E-state index contributed by atoms with van der Waals surface area (Å²) in [6.45, 7) is 3.88. The van der Waals surface area contributed by atoms with E-state index in [1.54, 1.807) is 34.9 Å². The van der Waals surface area contributed by atoms with Crippen molar-refractivity contribution >= 4 is 37.7 Å². The summed E-state index contributed by atoms with van der Waals surface area (Å²) in [4.78, 5) is 15.6. The van der Waals surface area contributed by atoms with Crippen molar-refractivity contribution in [3.8, 4) is 0 Å². The topological polar surface area (TPSA) is 60.4 Å². The Morgan fingerprint density at radius 2 is 2.20 bits per heavy atom. The van der Waals surface area contributed by atoms with E-state index in [0.29, 0.717) is 16.9 Å². The Hall–Kier alpha value is -1.11. The van der Waals surface area contributed by atoms with E-state index in [1.165, 1.54) is 0 Å². The molecule has 2 N–H and O–H groups in total. The number of aryl methyl sites for hydroxylation is 2.